The Labute approximate surface area is 104 Å². The van der Waals surface area contributed by atoms with Gasteiger partial charge < -0.3 is 11.5 Å². The molecule has 1 saturated heterocycles. The summed E-state index contributed by atoms with van der Waals surface area (Å²) in [5.41, 5.74) is 10.5. The first kappa shape index (κ1) is 12.8. The van der Waals surface area contributed by atoms with E-state index < -0.39 is 11.4 Å². The minimum absolute atomic E-state index is 0.394. The number of carbonyl (C=O) groups is 1. The molecular formula is C13H25N3O. The lowest BCUT2D eigenvalue weighted by Crippen LogP contribution is -2.58. The van der Waals surface area contributed by atoms with Crippen LogP contribution in [-0.2, 0) is 4.79 Å². The summed E-state index contributed by atoms with van der Waals surface area (Å²) in [5, 5.41) is 0. The molecule has 0 radical (unpaired) electrons. The van der Waals surface area contributed by atoms with Crippen molar-refractivity contribution in [1.29, 1.82) is 0 Å². The zero-order chi connectivity index (χ0) is 12.5. The SMILES string of the molecule is CC(N)(CN1CCCC1C1CCCC1)C(N)=O. The van der Waals surface area contributed by atoms with E-state index in [1.54, 1.807) is 6.92 Å². The van der Waals surface area contributed by atoms with E-state index in [4.69, 9.17) is 11.5 Å². The normalized spacial score (nSPS) is 30.6. The second-order valence-electron chi connectivity index (χ2n) is 6.01. The first-order valence-corrected chi connectivity index (χ1v) is 6.83. The fraction of sp³-hybridized carbons (Fsp3) is 0.923. The number of nitrogens with zero attached hydrogens (tertiary/aromatic N) is 1. The van der Waals surface area contributed by atoms with Crippen LogP contribution in [0.1, 0.15) is 45.4 Å². The highest BCUT2D eigenvalue weighted by Crippen LogP contribution is 2.35. The molecule has 2 aliphatic rings. The van der Waals surface area contributed by atoms with Crippen LogP contribution in [-0.4, -0.2) is 35.5 Å². The molecule has 2 fully saturated rings. The van der Waals surface area contributed by atoms with E-state index in [0.29, 0.717) is 12.6 Å². The zero-order valence-corrected chi connectivity index (χ0v) is 10.8. The van der Waals surface area contributed by atoms with Crippen LogP contribution in [0.2, 0.25) is 0 Å². The van der Waals surface area contributed by atoms with E-state index in [-0.39, 0.29) is 0 Å². The summed E-state index contributed by atoms with van der Waals surface area (Å²) >= 11 is 0. The number of carbonyl (C=O) groups excluding carboxylic acids is 1. The molecule has 98 valence electrons. The van der Waals surface area contributed by atoms with Gasteiger partial charge in [-0.3, -0.25) is 9.69 Å². The van der Waals surface area contributed by atoms with Crippen molar-refractivity contribution >= 4 is 5.91 Å². The average Bonchev–Trinajstić information content (AvgIpc) is 2.85. The molecule has 4 heteroatoms. The number of hydrogen-bond acceptors (Lipinski definition) is 3. The Morgan fingerprint density at radius 1 is 1.29 bits per heavy atom. The van der Waals surface area contributed by atoms with E-state index in [1.165, 1.54) is 38.5 Å². The van der Waals surface area contributed by atoms with Gasteiger partial charge in [0, 0.05) is 12.6 Å². The van der Waals surface area contributed by atoms with Gasteiger partial charge in [0.1, 0.15) is 5.54 Å². The monoisotopic (exact) mass is 239 g/mol. The molecule has 0 spiro atoms. The highest BCUT2D eigenvalue weighted by molar-refractivity contribution is 5.84. The Morgan fingerprint density at radius 2 is 1.94 bits per heavy atom. The van der Waals surface area contributed by atoms with E-state index >= 15 is 0 Å². The van der Waals surface area contributed by atoms with Gasteiger partial charge in [0.05, 0.1) is 0 Å². The lowest BCUT2D eigenvalue weighted by atomic mass is 9.94. The molecule has 1 aliphatic heterocycles. The Bertz CT molecular complexity index is 284. The van der Waals surface area contributed by atoms with Gasteiger partial charge in [-0.25, -0.2) is 0 Å². The maximum atomic E-state index is 11.3. The van der Waals surface area contributed by atoms with Crippen molar-refractivity contribution in [2.45, 2.75) is 57.0 Å². The van der Waals surface area contributed by atoms with Crippen LogP contribution in [0, 0.1) is 5.92 Å². The minimum atomic E-state index is -0.888. The summed E-state index contributed by atoms with van der Waals surface area (Å²) in [7, 11) is 0. The third-order valence-electron chi connectivity index (χ3n) is 4.45. The Kier molecular flexibility index (Phi) is 3.73. The second kappa shape index (κ2) is 4.94. The first-order chi connectivity index (χ1) is 8.00. The third-order valence-corrected chi connectivity index (χ3v) is 4.45. The maximum Gasteiger partial charge on any atom is 0.238 e. The van der Waals surface area contributed by atoms with E-state index in [1.807, 2.05) is 0 Å². The molecule has 0 bridgehead atoms. The number of likely N-dealkylation sites (tertiary alicyclic amines) is 1. The molecule has 1 aliphatic carbocycles. The lowest BCUT2D eigenvalue weighted by molar-refractivity contribution is -0.123. The molecule has 2 unspecified atom stereocenters. The van der Waals surface area contributed by atoms with Crippen LogP contribution >= 0.6 is 0 Å². The fourth-order valence-corrected chi connectivity index (χ4v) is 3.42. The Morgan fingerprint density at radius 3 is 2.53 bits per heavy atom. The molecule has 0 aromatic carbocycles. The Balaban J connectivity index is 1.97. The van der Waals surface area contributed by atoms with Gasteiger partial charge in [-0.1, -0.05) is 12.8 Å². The highest BCUT2D eigenvalue weighted by Gasteiger charge is 2.37. The maximum absolute atomic E-state index is 11.3. The van der Waals surface area contributed by atoms with Gasteiger partial charge >= 0.3 is 0 Å². The van der Waals surface area contributed by atoms with Crippen LogP contribution in [0.25, 0.3) is 0 Å². The van der Waals surface area contributed by atoms with Crippen LogP contribution in [0.3, 0.4) is 0 Å². The van der Waals surface area contributed by atoms with Gasteiger partial charge in [-0.15, -0.1) is 0 Å². The van der Waals surface area contributed by atoms with E-state index in [9.17, 15) is 4.79 Å². The van der Waals surface area contributed by atoms with E-state index in [2.05, 4.69) is 4.90 Å². The lowest BCUT2D eigenvalue weighted by Gasteiger charge is -2.34. The molecule has 17 heavy (non-hydrogen) atoms. The summed E-state index contributed by atoms with van der Waals surface area (Å²) in [5.74, 6) is 0.427. The summed E-state index contributed by atoms with van der Waals surface area (Å²) in [6, 6.07) is 0.639. The van der Waals surface area contributed by atoms with Crippen LogP contribution in [0.4, 0.5) is 0 Å². The van der Waals surface area contributed by atoms with E-state index in [0.717, 1.165) is 12.5 Å². The first-order valence-electron chi connectivity index (χ1n) is 6.83. The van der Waals surface area contributed by atoms with Crippen LogP contribution in [0.5, 0.6) is 0 Å². The molecule has 1 heterocycles. The fourth-order valence-electron chi connectivity index (χ4n) is 3.42. The van der Waals surface area contributed by atoms with Crippen molar-refractivity contribution in [3.8, 4) is 0 Å². The molecule has 2 rings (SSSR count). The third kappa shape index (κ3) is 2.80. The number of nitrogens with two attached hydrogens (primary N) is 2. The average molecular weight is 239 g/mol. The highest BCUT2D eigenvalue weighted by atomic mass is 16.1. The van der Waals surface area contributed by atoms with Gasteiger partial charge in [0.2, 0.25) is 5.91 Å². The van der Waals surface area contributed by atoms with Crippen molar-refractivity contribution in [1.82, 2.24) is 4.90 Å². The summed E-state index contributed by atoms with van der Waals surface area (Å²) in [6.45, 7) is 3.43. The van der Waals surface area contributed by atoms with Gasteiger partial charge in [-0.2, -0.15) is 0 Å². The number of rotatable bonds is 4. The van der Waals surface area contributed by atoms with Crippen molar-refractivity contribution < 1.29 is 4.79 Å². The molecule has 1 amide bonds. The quantitative estimate of drug-likeness (QED) is 0.763. The van der Waals surface area contributed by atoms with Crippen LogP contribution in [0.15, 0.2) is 0 Å². The van der Waals surface area contributed by atoms with Crippen molar-refractivity contribution in [2.75, 3.05) is 13.1 Å². The van der Waals surface area contributed by atoms with Crippen LogP contribution < -0.4 is 11.5 Å². The topological polar surface area (TPSA) is 72.3 Å². The minimum Gasteiger partial charge on any atom is -0.368 e. The van der Waals surface area contributed by atoms with Crippen molar-refractivity contribution in [2.24, 2.45) is 17.4 Å². The van der Waals surface area contributed by atoms with Crippen molar-refractivity contribution in [3.05, 3.63) is 0 Å². The zero-order valence-electron chi connectivity index (χ0n) is 10.8. The predicted octanol–water partition coefficient (Wildman–Crippen LogP) is 0.844. The smallest absolute Gasteiger partial charge is 0.238 e. The molecule has 1 saturated carbocycles. The van der Waals surface area contributed by atoms with Gasteiger partial charge in [0.15, 0.2) is 0 Å². The molecular weight excluding hydrogens is 214 g/mol. The second-order valence-corrected chi connectivity index (χ2v) is 6.01. The molecule has 4 nitrogen and oxygen atoms in total. The Hall–Kier alpha value is -0.610. The molecule has 0 aromatic rings. The number of hydrogen-bond donors (Lipinski definition) is 2. The molecule has 0 aromatic heterocycles. The van der Waals surface area contributed by atoms with Crippen molar-refractivity contribution in [3.63, 3.8) is 0 Å². The summed E-state index contributed by atoms with van der Waals surface area (Å²) in [6.07, 6.45) is 7.92. The number of primary amides is 1. The summed E-state index contributed by atoms with van der Waals surface area (Å²) < 4.78 is 0. The molecule has 2 atom stereocenters. The van der Waals surface area contributed by atoms with Gasteiger partial charge in [-0.05, 0) is 45.1 Å². The summed E-state index contributed by atoms with van der Waals surface area (Å²) in [4.78, 5) is 13.7. The van der Waals surface area contributed by atoms with Gasteiger partial charge in [0.25, 0.3) is 0 Å². The largest absolute Gasteiger partial charge is 0.368 e. The molecule has 4 N–H and O–H groups in total. The number of amides is 1. The standard InChI is InChI=1S/C13H25N3O/c1-13(15,12(14)17)9-16-8-4-7-11(16)10-5-2-3-6-10/h10-11H,2-9,15H2,1H3,(H2,14,17). The predicted molar refractivity (Wildman–Crippen MR) is 68.3 cm³/mol.